The van der Waals surface area contributed by atoms with E-state index >= 15 is 0 Å². The molecule has 1 saturated heterocycles. The van der Waals surface area contributed by atoms with Crippen molar-refractivity contribution in [2.75, 3.05) is 31.1 Å². The van der Waals surface area contributed by atoms with Gasteiger partial charge in [-0.2, -0.15) is 38.1 Å². The normalized spacial score (nSPS) is 22.3. The molecule has 1 rings (SSSR count). The second-order valence-electron chi connectivity index (χ2n) is 4.90. The maximum Gasteiger partial charge on any atom is 0.397 e. The summed E-state index contributed by atoms with van der Waals surface area (Å²) in [5, 5.41) is 11.0. The molecule has 2 N–H and O–H groups in total. The lowest BCUT2D eigenvalue weighted by Crippen LogP contribution is -2.40. The predicted octanol–water partition coefficient (Wildman–Crippen LogP) is 2.19. The van der Waals surface area contributed by atoms with E-state index in [2.05, 4.69) is 5.32 Å². The number of thioether (sulfide) groups is 1. The number of hydrogen-bond donors (Lipinski definition) is 2. The van der Waals surface area contributed by atoms with Gasteiger partial charge in [-0.25, -0.2) is 4.79 Å². The van der Waals surface area contributed by atoms with Gasteiger partial charge in [-0.1, -0.05) is 0 Å². The van der Waals surface area contributed by atoms with Crippen molar-refractivity contribution in [3.63, 3.8) is 0 Å². The van der Waals surface area contributed by atoms with Crippen LogP contribution in [-0.2, 0) is 4.79 Å². The minimum absolute atomic E-state index is 0.0653. The predicted molar refractivity (Wildman–Crippen MR) is 69.0 cm³/mol. The SMILES string of the molecule is O=C(O)[C@@H]1CN(C(=O)NCCSCC(F)(F)F)C[C@H]1C(F)(F)F. The monoisotopic (exact) mass is 368 g/mol. The number of carboxylic acid groups (broad SMARTS) is 1. The first-order valence-electron chi connectivity index (χ1n) is 6.38. The number of aliphatic carboxylic acids is 1. The first-order chi connectivity index (χ1) is 10.4. The number of urea groups is 1. The molecule has 1 fully saturated rings. The highest BCUT2D eigenvalue weighted by atomic mass is 32.2. The molecule has 0 radical (unpaired) electrons. The second-order valence-corrected chi connectivity index (χ2v) is 6.00. The van der Waals surface area contributed by atoms with E-state index < -0.39 is 55.0 Å². The van der Waals surface area contributed by atoms with Gasteiger partial charge >= 0.3 is 24.4 Å². The molecule has 0 aromatic carbocycles. The third-order valence-electron chi connectivity index (χ3n) is 3.13. The van der Waals surface area contributed by atoms with Gasteiger partial charge in [0.2, 0.25) is 0 Å². The average Bonchev–Trinajstić information content (AvgIpc) is 2.81. The summed E-state index contributed by atoms with van der Waals surface area (Å²) in [4.78, 5) is 23.2. The Bertz CT molecular complexity index is 442. The Balaban J connectivity index is 2.44. The van der Waals surface area contributed by atoms with E-state index in [1.54, 1.807) is 0 Å². The van der Waals surface area contributed by atoms with Gasteiger partial charge in [0.25, 0.3) is 0 Å². The lowest BCUT2D eigenvalue weighted by molar-refractivity contribution is -0.187. The molecule has 1 aliphatic heterocycles. The van der Waals surface area contributed by atoms with Crippen LogP contribution in [0, 0.1) is 11.8 Å². The van der Waals surface area contributed by atoms with Crippen LogP contribution >= 0.6 is 11.8 Å². The molecule has 0 aliphatic carbocycles. The zero-order valence-electron chi connectivity index (χ0n) is 11.6. The fourth-order valence-electron chi connectivity index (χ4n) is 2.08. The van der Waals surface area contributed by atoms with Gasteiger partial charge in [0, 0.05) is 25.4 Å². The van der Waals surface area contributed by atoms with Crippen LogP contribution in [0.1, 0.15) is 0 Å². The molecule has 12 heteroatoms. The maximum atomic E-state index is 12.7. The van der Waals surface area contributed by atoms with E-state index in [0.717, 1.165) is 0 Å². The van der Waals surface area contributed by atoms with Crippen LogP contribution in [-0.4, -0.2) is 65.5 Å². The summed E-state index contributed by atoms with van der Waals surface area (Å²) < 4.78 is 73.9. The first-order valence-corrected chi connectivity index (χ1v) is 7.54. The highest BCUT2D eigenvalue weighted by Gasteiger charge is 2.53. The number of rotatable bonds is 5. The van der Waals surface area contributed by atoms with Crippen LogP contribution in [0.15, 0.2) is 0 Å². The number of alkyl halides is 6. The van der Waals surface area contributed by atoms with E-state index in [9.17, 15) is 35.9 Å². The Morgan fingerprint density at radius 3 is 2.22 bits per heavy atom. The smallest absolute Gasteiger partial charge is 0.397 e. The molecule has 0 spiro atoms. The number of nitrogens with zero attached hydrogens (tertiary/aromatic N) is 1. The number of carbonyl (C=O) groups is 2. The van der Waals surface area contributed by atoms with Crippen LogP contribution in [0.25, 0.3) is 0 Å². The third-order valence-corrected chi connectivity index (χ3v) is 4.16. The number of halogens is 6. The fourth-order valence-corrected chi connectivity index (χ4v) is 2.70. The standard InChI is InChI=1S/C11H14F6N2O3S/c12-10(13,14)5-23-2-1-18-9(22)19-3-6(8(20)21)7(4-19)11(15,16)17/h6-7H,1-5H2,(H,18,22)(H,20,21)/t6-,7-/m1/s1. The number of nitrogens with one attached hydrogen (secondary N) is 1. The zero-order valence-corrected chi connectivity index (χ0v) is 12.4. The number of hydrogen-bond acceptors (Lipinski definition) is 3. The largest absolute Gasteiger partial charge is 0.481 e. The molecule has 1 heterocycles. The molecular formula is C11H14F6N2O3S. The molecule has 1 aliphatic rings. The Kier molecular flexibility index (Phi) is 6.42. The highest BCUT2D eigenvalue weighted by molar-refractivity contribution is 7.99. The quantitative estimate of drug-likeness (QED) is 0.577. The lowest BCUT2D eigenvalue weighted by Gasteiger charge is -2.18. The topological polar surface area (TPSA) is 69.6 Å². The summed E-state index contributed by atoms with van der Waals surface area (Å²) >= 11 is 0.523. The molecule has 2 amide bonds. The van der Waals surface area contributed by atoms with Crippen LogP contribution < -0.4 is 5.32 Å². The van der Waals surface area contributed by atoms with Crippen molar-refractivity contribution in [1.29, 1.82) is 0 Å². The summed E-state index contributed by atoms with van der Waals surface area (Å²) in [6.45, 7) is -1.55. The number of carboxylic acids is 1. The summed E-state index contributed by atoms with van der Waals surface area (Å²) in [6, 6.07) is -0.921. The van der Waals surface area contributed by atoms with Gasteiger partial charge in [0.05, 0.1) is 17.6 Å². The minimum Gasteiger partial charge on any atom is -0.481 e. The number of likely N-dealkylation sites (tertiary alicyclic amines) is 1. The van der Waals surface area contributed by atoms with Gasteiger partial charge in [-0.15, -0.1) is 0 Å². The maximum absolute atomic E-state index is 12.7. The van der Waals surface area contributed by atoms with Gasteiger partial charge in [-0.3, -0.25) is 4.79 Å². The van der Waals surface area contributed by atoms with Gasteiger partial charge < -0.3 is 15.3 Å². The summed E-state index contributed by atoms with van der Waals surface area (Å²) in [6.07, 6.45) is -9.08. The van der Waals surface area contributed by atoms with E-state index in [0.29, 0.717) is 16.7 Å². The molecule has 0 aromatic heterocycles. The van der Waals surface area contributed by atoms with E-state index in [4.69, 9.17) is 5.11 Å². The average molecular weight is 368 g/mol. The van der Waals surface area contributed by atoms with Crippen LogP contribution in [0.2, 0.25) is 0 Å². The first kappa shape index (κ1) is 19.7. The van der Waals surface area contributed by atoms with Crippen molar-refractivity contribution in [2.24, 2.45) is 11.8 Å². The van der Waals surface area contributed by atoms with Crippen molar-refractivity contribution in [3.8, 4) is 0 Å². The lowest BCUT2D eigenvalue weighted by atomic mass is 9.96. The third kappa shape index (κ3) is 6.36. The molecule has 0 aromatic rings. The Morgan fingerprint density at radius 2 is 1.78 bits per heavy atom. The van der Waals surface area contributed by atoms with Gasteiger partial charge in [0.15, 0.2) is 0 Å². The molecule has 23 heavy (non-hydrogen) atoms. The zero-order chi connectivity index (χ0) is 17.8. The van der Waals surface area contributed by atoms with Gasteiger partial charge in [0.1, 0.15) is 0 Å². The Morgan fingerprint density at radius 1 is 1.17 bits per heavy atom. The second kappa shape index (κ2) is 7.49. The Labute approximate surface area is 131 Å². The van der Waals surface area contributed by atoms with Crippen molar-refractivity contribution < 1.29 is 41.0 Å². The number of carbonyl (C=O) groups excluding carboxylic acids is 1. The van der Waals surface area contributed by atoms with Crippen LogP contribution in [0.5, 0.6) is 0 Å². The van der Waals surface area contributed by atoms with E-state index in [1.807, 2.05) is 0 Å². The summed E-state index contributed by atoms with van der Waals surface area (Å²) in [5.74, 6) is -6.72. The van der Waals surface area contributed by atoms with Crippen LogP contribution in [0.4, 0.5) is 31.1 Å². The molecule has 2 atom stereocenters. The van der Waals surface area contributed by atoms with Crippen LogP contribution in [0.3, 0.4) is 0 Å². The Hall–Kier alpha value is -1.33. The summed E-state index contributed by atoms with van der Waals surface area (Å²) in [5.41, 5.74) is 0. The molecule has 134 valence electrons. The van der Waals surface area contributed by atoms with Crippen molar-refractivity contribution in [2.45, 2.75) is 12.4 Å². The van der Waals surface area contributed by atoms with Crippen molar-refractivity contribution in [3.05, 3.63) is 0 Å². The molecule has 0 unspecified atom stereocenters. The highest BCUT2D eigenvalue weighted by Crippen LogP contribution is 2.37. The van der Waals surface area contributed by atoms with Crippen molar-refractivity contribution in [1.82, 2.24) is 10.2 Å². The molecule has 0 saturated carbocycles. The van der Waals surface area contributed by atoms with Gasteiger partial charge in [-0.05, 0) is 0 Å². The molecule has 0 bridgehead atoms. The molecular weight excluding hydrogens is 354 g/mol. The van der Waals surface area contributed by atoms with Crippen molar-refractivity contribution >= 4 is 23.8 Å². The number of amides is 2. The molecule has 5 nitrogen and oxygen atoms in total. The minimum atomic E-state index is -4.75. The van der Waals surface area contributed by atoms with E-state index in [-0.39, 0.29) is 12.3 Å². The van der Waals surface area contributed by atoms with E-state index in [1.165, 1.54) is 0 Å². The summed E-state index contributed by atoms with van der Waals surface area (Å²) in [7, 11) is 0. The fraction of sp³-hybridized carbons (Fsp3) is 0.818.